The van der Waals surface area contributed by atoms with E-state index in [2.05, 4.69) is 11.4 Å². The number of carbonyl (C=O) groups excluding carboxylic acids is 2. The summed E-state index contributed by atoms with van der Waals surface area (Å²) in [5.74, 6) is -0.551. The molecule has 4 heterocycles. The number of benzene rings is 1. The zero-order valence-electron chi connectivity index (χ0n) is 19.2. The van der Waals surface area contributed by atoms with Gasteiger partial charge in [-0.15, -0.1) is 0 Å². The number of rotatable bonds is 5. The highest BCUT2D eigenvalue weighted by molar-refractivity contribution is 7.86. The van der Waals surface area contributed by atoms with Crippen molar-refractivity contribution in [3.63, 3.8) is 0 Å². The van der Waals surface area contributed by atoms with Crippen molar-refractivity contribution in [3.8, 4) is 11.8 Å². The van der Waals surface area contributed by atoms with E-state index in [1.54, 1.807) is 17.0 Å². The fourth-order valence-electron chi connectivity index (χ4n) is 5.38. The molecule has 3 atom stereocenters. The van der Waals surface area contributed by atoms with Crippen LogP contribution < -0.4 is 10.1 Å². The third-order valence-electron chi connectivity index (χ3n) is 7.34. The molecule has 35 heavy (non-hydrogen) atoms. The van der Waals surface area contributed by atoms with Gasteiger partial charge < -0.3 is 15.0 Å². The molecule has 0 aromatic heterocycles. The lowest BCUT2D eigenvalue weighted by Gasteiger charge is -2.41. The second-order valence-electron chi connectivity index (χ2n) is 9.56. The highest BCUT2D eigenvalue weighted by atomic mass is 35.5. The molecule has 0 bridgehead atoms. The molecule has 10 nitrogen and oxygen atoms in total. The van der Waals surface area contributed by atoms with E-state index in [-0.39, 0.29) is 50.0 Å². The molecule has 4 aliphatic heterocycles. The predicted molar refractivity (Wildman–Crippen MR) is 126 cm³/mol. The van der Waals surface area contributed by atoms with Crippen LogP contribution in [0.2, 0.25) is 5.02 Å². The molecule has 1 aromatic rings. The van der Waals surface area contributed by atoms with Crippen molar-refractivity contribution in [1.29, 1.82) is 5.26 Å². The fourth-order valence-corrected chi connectivity index (χ4v) is 7.47. The van der Waals surface area contributed by atoms with E-state index < -0.39 is 22.2 Å². The van der Waals surface area contributed by atoms with Crippen LogP contribution in [0.1, 0.15) is 37.3 Å². The van der Waals surface area contributed by atoms with Crippen molar-refractivity contribution in [2.75, 3.05) is 39.3 Å². The number of ether oxygens (including phenoxy) is 1. The van der Waals surface area contributed by atoms with Gasteiger partial charge in [-0.3, -0.25) is 9.59 Å². The van der Waals surface area contributed by atoms with Crippen molar-refractivity contribution >= 4 is 33.6 Å². The van der Waals surface area contributed by atoms with Crippen LogP contribution in [0.5, 0.6) is 5.75 Å². The van der Waals surface area contributed by atoms with E-state index in [9.17, 15) is 18.0 Å². The Morgan fingerprint density at radius 1 is 1.11 bits per heavy atom. The van der Waals surface area contributed by atoms with Gasteiger partial charge in [-0.25, -0.2) is 0 Å². The summed E-state index contributed by atoms with van der Waals surface area (Å²) >= 11 is 6.32. The van der Waals surface area contributed by atoms with Crippen LogP contribution in [0.15, 0.2) is 18.2 Å². The van der Waals surface area contributed by atoms with Gasteiger partial charge in [0.2, 0.25) is 11.8 Å². The van der Waals surface area contributed by atoms with Gasteiger partial charge in [0, 0.05) is 43.3 Å². The first-order valence-electron chi connectivity index (χ1n) is 12.0. The molecule has 3 fully saturated rings. The number of nitrogens with zero attached hydrogens (tertiary/aromatic N) is 4. The van der Waals surface area contributed by atoms with Crippen molar-refractivity contribution < 1.29 is 22.7 Å². The Balaban J connectivity index is 1.23. The molecule has 0 saturated carbocycles. The Bertz CT molecular complexity index is 1170. The Hall–Kier alpha value is -2.39. The largest absolute Gasteiger partial charge is 0.491 e. The number of halogens is 1. The lowest BCUT2D eigenvalue weighted by molar-refractivity contribution is -0.142. The van der Waals surface area contributed by atoms with Gasteiger partial charge in [0.25, 0.3) is 10.2 Å². The number of nitriles is 1. The number of carbonyl (C=O) groups is 2. The first kappa shape index (κ1) is 24.3. The molecule has 0 spiro atoms. The Morgan fingerprint density at radius 3 is 2.66 bits per heavy atom. The lowest BCUT2D eigenvalue weighted by atomic mass is 9.97. The molecule has 1 aromatic carbocycles. The van der Waals surface area contributed by atoms with E-state index in [0.29, 0.717) is 49.5 Å². The molecular weight excluding hydrogens is 494 g/mol. The summed E-state index contributed by atoms with van der Waals surface area (Å²) < 4.78 is 34.2. The minimum absolute atomic E-state index is 0.0964. The number of likely N-dealkylation sites (tertiary alicyclic amines) is 1. The molecule has 0 radical (unpaired) electrons. The zero-order valence-corrected chi connectivity index (χ0v) is 20.8. The van der Waals surface area contributed by atoms with Gasteiger partial charge in [-0.2, -0.15) is 22.3 Å². The molecule has 1 N–H and O–H groups in total. The average molecular weight is 522 g/mol. The number of hydrogen-bond donors (Lipinski definition) is 1. The highest BCUT2D eigenvalue weighted by Gasteiger charge is 2.44. The number of piperidine rings is 1. The second-order valence-corrected chi connectivity index (χ2v) is 11.9. The van der Waals surface area contributed by atoms with Gasteiger partial charge >= 0.3 is 0 Å². The number of fused-ring (bicyclic) bond motifs is 1. The maximum atomic E-state index is 13.5. The average Bonchev–Trinajstić information content (AvgIpc) is 3.46. The van der Waals surface area contributed by atoms with Crippen LogP contribution in [0.3, 0.4) is 0 Å². The van der Waals surface area contributed by atoms with Crippen LogP contribution in [0, 0.1) is 23.2 Å². The summed E-state index contributed by atoms with van der Waals surface area (Å²) in [7, 11) is -3.70. The Morgan fingerprint density at radius 2 is 1.89 bits per heavy atom. The standard InChI is InChI=1S/C23H28ClN5O5S/c24-17-5-1-7-20-21(17)18(14-34-20)26-22(30)19-6-3-9-29(19)23(31)16-4-2-8-27(13-16)35(32,33)28-11-15(10-25)12-28/h1,5,7,15-16,18-19H,2-4,6,8-9,11-14H2,(H,26,30)/t16-,18-,19+/m0/s1. The van der Waals surface area contributed by atoms with Gasteiger partial charge in [0.05, 0.1) is 23.9 Å². The summed E-state index contributed by atoms with van der Waals surface area (Å²) in [6, 6.07) is 6.45. The van der Waals surface area contributed by atoms with E-state index in [1.165, 1.54) is 8.61 Å². The normalized spacial score (nSPS) is 27.5. The van der Waals surface area contributed by atoms with Crippen molar-refractivity contribution in [1.82, 2.24) is 18.8 Å². The molecule has 188 valence electrons. The van der Waals surface area contributed by atoms with Crippen LogP contribution >= 0.6 is 11.6 Å². The topological polar surface area (TPSA) is 123 Å². The number of nitrogens with one attached hydrogen (secondary N) is 1. The molecule has 0 unspecified atom stereocenters. The van der Waals surface area contributed by atoms with Gasteiger partial charge in [-0.05, 0) is 37.8 Å². The third-order valence-corrected chi connectivity index (χ3v) is 9.60. The van der Waals surface area contributed by atoms with E-state index >= 15 is 0 Å². The van der Waals surface area contributed by atoms with Crippen molar-refractivity contribution in [2.24, 2.45) is 11.8 Å². The first-order valence-corrected chi connectivity index (χ1v) is 13.7. The number of amides is 2. The smallest absolute Gasteiger partial charge is 0.282 e. The summed E-state index contributed by atoms with van der Waals surface area (Å²) in [4.78, 5) is 28.3. The Kier molecular flexibility index (Phi) is 6.65. The SMILES string of the molecule is N#CC1CN(S(=O)(=O)N2CCC[C@H](C(=O)N3CCC[C@@H]3C(=O)N[C@H]3COc4cccc(Cl)c43)C2)C1. The highest BCUT2D eigenvalue weighted by Crippen LogP contribution is 2.38. The molecule has 5 rings (SSSR count). The summed E-state index contributed by atoms with van der Waals surface area (Å²) in [6.45, 7) is 1.59. The minimum Gasteiger partial charge on any atom is -0.491 e. The van der Waals surface area contributed by atoms with Gasteiger partial charge in [0.1, 0.15) is 18.4 Å². The molecule has 2 amide bonds. The van der Waals surface area contributed by atoms with E-state index in [0.717, 1.165) is 5.56 Å². The van der Waals surface area contributed by atoms with Crippen LogP contribution in [0.4, 0.5) is 0 Å². The molecule has 3 saturated heterocycles. The molecule has 12 heteroatoms. The van der Waals surface area contributed by atoms with Crippen molar-refractivity contribution in [3.05, 3.63) is 28.8 Å². The zero-order chi connectivity index (χ0) is 24.7. The quantitative estimate of drug-likeness (QED) is 0.623. The molecule has 4 aliphatic rings. The third kappa shape index (κ3) is 4.48. The second kappa shape index (κ2) is 9.58. The van der Waals surface area contributed by atoms with Crippen LogP contribution in [-0.4, -0.2) is 79.1 Å². The van der Waals surface area contributed by atoms with E-state index in [4.69, 9.17) is 21.6 Å². The maximum Gasteiger partial charge on any atom is 0.282 e. The summed E-state index contributed by atoms with van der Waals surface area (Å²) in [5, 5.41) is 12.5. The first-order chi connectivity index (χ1) is 16.8. The number of hydrogen-bond acceptors (Lipinski definition) is 6. The van der Waals surface area contributed by atoms with Gasteiger partial charge in [-0.1, -0.05) is 17.7 Å². The van der Waals surface area contributed by atoms with E-state index in [1.807, 2.05) is 6.07 Å². The fraction of sp³-hybridized carbons (Fsp3) is 0.609. The Labute approximate surface area is 209 Å². The molecule has 0 aliphatic carbocycles. The molecular formula is C23H28ClN5O5S. The predicted octanol–water partition coefficient (Wildman–Crippen LogP) is 1.29. The summed E-state index contributed by atoms with van der Waals surface area (Å²) in [5.41, 5.74) is 0.746. The lowest BCUT2D eigenvalue weighted by Crippen LogP contribution is -2.57. The maximum absolute atomic E-state index is 13.5. The van der Waals surface area contributed by atoms with Crippen molar-refractivity contribution in [2.45, 2.75) is 37.8 Å². The monoisotopic (exact) mass is 521 g/mol. The summed E-state index contributed by atoms with van der Waals surface area (Å²) in [6.07, 6.45) is 2.42. The van der Waals surface area contributed by atoms with Crippen LogP contribution in [0.25, 0.3) is 0 Å². The minimum atomic E-state index is -3.70. The van der Waals surface area contributed by atoms with Gasteiger partial charge in [0.15, 0.2) is 0 Å². The van der Waals surface area contributed by atoms with Crippen LogP contribution in [-0.2, 0) is 19.8 Å².